The zero-order chi connectivity index (χ0) is 18.6. The third kappa shape index (κ3) is 3.97. The van der Waals surface area contributed by atoms with Crippen LogP contribution in [0, 0.1) is 5.82 Å². The molecule has 4 heterocycles. The summed E-state index contributed by atoms with van der Waals surface area (Å²) >= 11 is 0. The number of hydrogen-bond donors (Lipinski definition) is 0. The second-order valence-electron chi connectivity index (χ2n) is 6.49. The lowest BCUT2D eigenvalue weighted by atomic mass is 10.2. The van der Waals surface area contributed by atoms with Crippen molar-refractivity contribution in [2.45, 2.75) is 0 Å². The van der Waals surface area contributed by atoms with Crippen molar-refractivity contribution in [3.05, 3.63) is 42.1 Å². The van der Waals surface area contributed by atoms with Gasteiger partial charge in [-0.2, -0.15) is 4.98 Å². The molecule has 0 spiro atoms. The molecule has 27 heavy (non-hydrogen) atoms. The molecule has 2 aromatic rings. The minimum Gasteiger partial charge on any atom is -0.378 e. The van der Waals surface area contributed by atoms with E-state index in [0.29, 0.717) is 45.3 Å². The number of pyridine rings is 1. The average Bonchev–Trinajstić information content (AvgIpc) is 2.74. The molecule has 2 aromatic heterocycles. The minimum atomic E-state index is -0.504. The van der Waals surface area contributed by atoms with Crippen molar-refractivity contribution >= 4 is 17.7 Å². The Hall–Kier alpha value is -2.81. The van der Waals surface area contributed by atoms with Gasteiger partial charge >= 0.3 is 0 Å². The Morgan fingerprint density at radius 1 is 1.04 bits per heavy atom. The largest absolute Gasteiger partial charge is 0.378 e. The number of nitrogens with zero attached hydrogens (tertiary/aromatic N) is 6. The van der Waals surface area contributed by atoms with Gasteiger partial charge in [-0.15, -0.1) is 0 Å². The first-order valence-corrected chi connectivity index (χ1v) is 9.01. The number of anilines is 2. The van der Waals surface area contributed by atoms with Crippen molar-refractivity contribution in [1.29, 1.82) is 0 Å². The SMILES string of the molecule is O=C(c1cncc(F)c1)N1CCN(c2ccnc(N3CCOCC3)n2)CC1. The molecule has 0 radical (unpaired) electrons. The molecule has 0 aromatic carbocycles. The third-order valence-electron chi connectivity index (χ3n) is 4.76. The van der Waals surface area contributed by atoms with Gasteiger partial charge in [-0.3, -0.25) is 9.78 Å². The second-order valence-corrected chi connectivity index (χ2v) is 6.49. The summed E-state index contributed by atoms with van der Waals surface area (Å²) in [6.07, 6.45) is 4.26. The van der Waals surface area contributed by atoms with Gasteiger partial charge in [0.1, 0.15) is 11.6 Å². The van der Waals surface area contributed by atoms with E-state index in [4.69, 9.17) is 4.74 Å². The number of halogens is 1. The van der Waals surface area contributed by atoms with Crippen LogP contribution in [0.15, 0.2) is 30.7 Å². The van der Waals surface area contributed by atoms with Crippen molar-refractivity contribution in [3.8, 4) is 0 Å². The molecule has 0 unspecified atom stereocenters. The monoisotopic (exact) mass is 372 g/mol. The van der Waals surface area contributed by atoms with E-state index >= 15 is 0 Å². The Balaban J connectivity index is 1.40. The fourth-order valence-corrected chi connectivity index (χ4v) is 3.28. The van der Waals surface area contributed by atoms with Crippen molar-refractivity contribution in [3.63, 3.8) is 0 Å². The van der Waals surface area contributed by atoms with Gasteiger partial charge in [0.2, 0.25) is 5.95 Å². The summed E-state index contributed by atoms with van der Waals surface area (Å²) in [4.78, 5) is 31.3. The molecule has 9 heteroatoms. The number of carbonyl (C=O) groups is 1. The highest BCUT2D eigenvalue weighted by Crippen LogP contribution is 2.18. The van der Waals surface area contributed by atoms with Gasteiger partial charge in [0.25, 0.3) is 5.91 Å². The maximum atomic E-state index is 13.3. The molecule has 2 aliphatic rings. The first-order chi connectivity index (χ1) is 13.2. The molecular formula is C18H21FN6O2. The maximum Gasteiger partial charge on any atom is 0.255 e. The Morgan fingerprint density at radius 2 is 1.81 bits per heavy atom. The molecule has 2 saturated heterocycles. The molecule has 0 saturated carbocycles. The van der Waals surface area contributed by atoms with Crippen molar-refractivity contribution in [1.82, 2.24) is 19.9 Å². The normalized spacial score (nSPS) is 17.9. The van der Waals surface area contributed by atoms with Gasteiger partial charge in [0, 0.05) is 51.7 Å². The zero-order valence-corrected chi connectivity index (χ0v) is 14.9. The third-order valence-corrected chi connectivity index (χ3v) is 4.76. The number of rotatable bonds is 3. The Morgan fingerprint density at radius 3 is 2.56 bits per heavy atom. The van der Waals surface area contributed by atoms with Crippen molar-refractivity contribution in [2.75, 3.05) is 62.3 Å². The fourth-order valence-electron chi connectivity index (χ4n) is 3.28. The van der Waals surface area contributed by atoms with Crippen LogP contribution in [0.1, 0.15) is 10.4 Å². The quantitative estimate of drug-likeness (QED) is 0.789. The standard InChI is InChI=1S/C18H21FN6O2/c19-15-11-14(12-20-13-15)17(26)24-5-3-23(4-6-24)16-1-2-21-18(22-16)25-7-9-27-10-8-25/h1-2,11-13H,3-10H2. The topological polar surface area (TPSA) is 74.7 Å². The van der Waals surface area contributed by atoms with Gasteiger partial charge in [-0.1, -0.05) is 0 Å². The van der Waals surface area contributed by atoms with E-state index in [1.165, 1.54) is 12.3 Å². The molecule has 2 aliphatic heterocycles. The summed E-state index contributed by atoms with van der Waals surface area (Å²) in [5.74, 6) is 0.862. The van der Waals surface area contributed by atoms with Crippen LogP contribution in [0.3, 0.4) is 0 Å². The summed E-state index contributed by atoms with van der Waals surface area (Å²) in [5.41, 5.74) is 0.278. The number of ether oxygens (including phenoxy) is 1. The Bertz CT molecular complexity index is 806. The molecule has 0 aliphatic carbocycles. The van der Waals surface area contributed by atoms with Crippen LogP contribution >= 0.6 is 0 Å². The highest BCUT2D eigenvalue weighted by molar-refractivity contribution is 5.94. The van der Waals surface area contributed by atoms with Gasteiger partial charge < -0.3 is 19.4 Å². The minimum absolute atomic E-state index is 0.196. The van der Waals surface area contributed by atoms with Crippen molar-refractivity contribution < 1.29 is 13.9 Å². The number of aromatic nitrogens is 3. The van der Waals surface area contributed by atoms with Crippen molar-refractivity contribution in [2.24, 2.45) is 0 Å². The summed E-state index contributed by atoms with van der Waals surface area (Å²) in [7, 11) is 0. The molecule has 1 amide bonds. The lowest BCUT2D eigenvalue weighted by molar-refractivity contribution is 0.0745. The van der Waals surface area contributed by atoms with E-state index < -0.39 is 5.82 Å². The maximum absolute atomic E-state index is 13.3. The number of piperazine rings is 1. The molecule has 0 N–H and O–H groups in total. The summed E-state index contributed by atoms with van der Waals surface area (Å²) in [5, 5.41) is 0. The van der Waals surface area contributed by atoms with E-state index in [2.05, 4.69) is 24.8 Å². The summed E-state index contributed by atoms with van der Waals surface area (Å²) < 4.78 is 18.7. The van der Waals surface area contributed by atoms with Crippen LogP contribution < -0.4 is 9.80 Å². The van der Waals surface area contributed by atoms with E-state index in [-0.39, 0.29) is 11.5 Å². The molecule has 0 bridgehead atoms. The Kier molecular flexibility index (Phi) is 5.10. The lowest BCUT2D eigenvalue weighted by Crippen LogP contribution is -2.49. The van der Waals surface area contributed by atoms with Crippen LogP contribution in [0.25, 0.3) is 0 Å². The molecular weight excluding hydrogens is 351 g/mol. The van der Waals surface area contributed by atoms with Gasteiger partial charge in [-0.25, -0.2) is 9.37 Å². The number of amides is 1. The molecule has 0 atom stereocenters. The molecule has 8 nitrogen and oxygen atoms in total. The number of carbonyl (C=O) groups excluding carboxylic acids is 1. The lowest BCUT2D eigenvalue weighted by Gasteiger charge is -2.36. The molecule has 2 fully saturated rings. The highest BCUT2D eigenvalue weighted by Gasteiger charge is 2.24. The molecule has 142 valence electrons. The van der Waals surface area contributed by atoms with E-state index in [9.17, 15) is 9.18 Å². The number of hydrogen-bond acceptors (Lipinski definition) is 7. The van der Waals surface area contributed by atoms with Crippen LogP contribution in [-0.2, 0) is 4.74 Å². The predicted molar refractivity (Wildman–Crippen MR) is 97.4 cm³/mol. The molecule has 4 rings (SSSR count). The smallest absolute Gasteiger partial charge is 0.255 e. The average molecular weight is 372 g/mol. The summed E-state index contributed by atoms with van der Waals surface area (Å²) in [6, 6.07) is 3.11. The van der Waals surface area contributed by atoms with Crippen LogP contribution in [0.5, 0.6) is 0 Å². The van der Waals surface area contributed by atoms with Crippen LogP contribution in [0.2, 0.25) is 0 Å². The van der Waals surface area contributed by atoms with E-state index in [1.54, 1.807) is 11.1 Å². The van der Waals surface area contributed by atoms with Gasteiger partial charge in [0.15, 0.2) is 0 Å². The van der Waals surface area contributed by atoms with Crippen LogP contribution in [-0.4, -0.2) is 78.2 Å². The van der Waals surface area contributed by atoms with Crippen LogP contribution in [0.4, 0.5) is 16.2 Å². The van der Waals surface area contributed by atoms with Gasteiger partial charge in [0.05, 0.1) is 25.0 Å². The predicted octanol–water partition coefficient (Wildman–Crippen LogP) is 0.810. The highest BCUT2D eigenvalue weighted by atomic mass is 19.1. The Labute approximate surface area is 156 Å². The van der Waals surface area contributed by atoms with E-state index in [0.717, 1.165) is 25.1 Å². The fraction of sp³-hybridized carbons (Fsp3) is 0.444. The van der Waals surface area contributed by atoms with E-state index in [1.807, 2.05) is 6.07 Å². The second kappa shape index (κ2) is 7.83. The zero-order valence-electron chi connectivity index (χ0n) is 14.9. The summed E-state index contributed by atoms with van der Waals surface area (Å²) in [6.45, 7) is 5.36. The first-order valence-electron chi connectivity index (χ1n) is 9.01. The first kappa shape index (κ1) is 17.6. The number of morpholine rings is 1. The van der Waals surface area contributed by atoms with Gasteiger partial charge in [-0.05, 0) is 12.1 Å².